The van der Waals surface area contributed by atoms with Gasteiger partial charge in [0, 0.05) is 51.7 Å². The number of hydrogen-bond donors (Lipinski definition) is 1. The largest absolute Gasteiger partial charge is 0.450 e. The minimum atomic E-state index is -0.786. The number of ether oxygens (including phenoxy) is 2. The fourth-order valence-electron chi connectivity index (χ4n) is 3.75. The van der Waals surface area contributed by atoms with Crippen molar-refractivity contribution < 1.29 is 19.1 Å². The Morgan fingerprint density at radius 3 is 2.62 bits per heavy atom. The fourth-order valence-corrected chi connectivity index (χ4v) is 3.75. The van der Waals surface area contributed by atoms with Gasteiger partial charge in [0.1, 0.15) is 5.60 Å². The molecule has 0 saturated carbocycles. The van der Waals surface area contributed by atoms with Crippen LogP contribution < -0.4 is 5.32 Å². The van der Waals surface area contributed by atoms with E-state index in [0.29, 0.717) is 37.1 Å². The maximum Gasteiger partial charge on any atom is 0.335 e. The van der Waals surface area contributed by atoms with Gasteiger partial charge in [-0.15, -0.1) is 0 Å². The Hall–Kier alpha value is -2.18. The number of hydrogen-bond acceptors (Lipinski definition) is 5. The molecule has 2 aliphatic heterocycles. The molecule has 0 atom stereocenters. The molecule has 1 spiro atoms. The van der Waals surface area contributed by atoms with E-state index in [1.807, 2.05) is 18.2 Å². The summed E-state index contributed by atoms with van der Waals surface area (Å²) in [7, 11) is 1.59. The van der Waals surface area contributed by atoms with Crippen molar-refractivity contribution in [3.05, 3.63) is 47.0 Å². The highest BCUT2D eigenvalue weighted by molar-refractivity contribution is 6.07. The number of nitrogens with one attached hydrogen (secondary N) is 1. The van der Waals surface area contributed by atoms with E-state index in [0.717, 1.165) is 19.6 Å². The van der Waals surface area contributed by atoms with Gasteiger partial charge in [-0.05, 0) is 12.5 Å². The SMILES string of the molecule is COCCNC(=O)C1=C(C)C(=O)OC12CCN(Cc1ccccc1)CC2. The van der Waals surface area contributed by atoms with Crippen molar-refractivity contribution in [1.29, 1.82) is 0 Å². The molecule has 1 aromatic carbocycles. The van der Waals surface area contributed by atoms with Crippen LogP contribution in [0.5, 0.6) is 0 Å². The Labute approximate surface area is 154 Å². The molecule has 26 heavy (non-hydrogen) atoms. The van der Waals surface area contributed by atoms with Crippen LogP contribution in [0.4, 0.5) is 0 Å². The molecule has 6 nitrogen and oxygen atoms in total. The lowest BCUT2D eigenvalue weighted by Gasteiger charge is -2.39. The molecule has 1 fully saturated rings. The van der Waals surface area contributed by atoms with Crippen LogP contribution in [0.15, 0.2) is 41.5 Å². The average Bonchev–Trinajstić information content (AvgIpc) is 2.88. The van der Waals surface area contributed by atoms with E-state index in [1.54, 1.807) is 14.0 Å². The number of piperidine rings is 1. The third-order valence-corrected chi connectivity index (χ3v) is 5.16. The summed E-state index contributed by atoms with van der Waals surface area (Å²) in [6.45, 7) is 4.96. The molecule has 2 heterocycles. The predicted molar refractivity (Wildman–Crippen MR) is 97.4 cm³/mol. The normalized spacial score (nSPS) is 19.7. The molecular formula is C20H26N2O4. The summed E-state index contributed by atoms with van der Waals surface area (Å²) in [6, 6.07) is 10.3. The van der Waals surface area contributed by atoms with Crippen LogP contribution in [0, 0.1) is 0 Å². The monoisotopic (exact) mass is 358 g/mol. The molecule has 0 bridgehead atoms. The summed E-state index contributed by atoms with van der Waals surface area (Å²) in [6.07, 6.45) is 1.27. The van der Waals surface area contributed by atoms with Gasteiger partial charge in [0.2, 0.25) is 0 Å². The summed E-state index contributed by atoms with van der Waals surface area (Å²) in [5, 5.41) is 2.83. The van der Waals surface area contributed by atoms with Crippen molar-refractivity contribution in [2.45, 2.75) is 31.9 Å². The topological polar surface area (TPSA) is 67.9 Å². The molecule has 0 aliphatic carbocycles. The van der Waals surface area contributed by atoms with E-state index in [-0.39, 0.29) is 11.9 Å². The van der Waals surface area contributed by atoms with Gasteiger partial charge in [0.15, 0.2) is 0 Å². The molecular weight excluding hydrogens is 332 g/mol. The van der Waals surface area contributed by atoms with E-state index >= 15 is 0 Å². The Kier molecular flexibility index (Phi) is 5.74. The quantitative estimate of drug-likeness (QED) is 0.619. The van der Waals surface area contributed by atoms with Gasteiger partial charge in [0.05, 0.1) is 12.2 Å². The van der Waals surface area contributed by atoms with Gasteiger partial charge >= 0.3 is 5.97 Å². The highest BCUT2D eigenvalue weighted by atomic mass is 16.6. The Balaban J connectivity index is 1.67. The maximum absolute atomic E-state index is 12.7. The molecule has 1 aromatic rings. The Morgan fingerprint density at radius 2 is 1.96 bits per heavy atom. The summed E-state index contributed by atoms with van der Waals surface area (Å²) in [5.41, 5.74) is 1.40. The van der Waals surface area contributed by atoms with Crippen molar-refractivity contribution in [3.8, 4) is 0 Å². The van der Waals surface area contributed by atoms with E-state index in [2.05, 4.69) is 22.3 Å². The number of methoxy groups -OCH3 is 1. The molecule has 0 unspecified atom stereocenters. The number of nitrogens with zero attached hydrogens (tertiary/aromatic N) is 1. The molecule has 2 aliphatic rings. The van der Waals surface area contributed by atoms with Gasteiger partial charge in [-0.2, -0.15) is 0 Å². The Morgan fingerprint density at radius 1 is 1.27 bits per heavy atom. The Bertz CT molecular complexity index is 691. The molecule has 1 saturated heterocycles. The summed E-state index contributed by atoms with van der Waals surface area (Å²) in [4.78, 5) is 27.2. The molecule has 1 N–H and O–H groups in total. The van der Waals surface area contributed by atoms with Crippen LogP contribution in [0.25, 0.3) is 0 Å². The van der Waals surface area contributed by atoms with E-state index < -0.39 is 5.60 Å². The van der Waals surface area contributed by atoms with E-state index in [4.69, 9.17) is 9.47 Å². The molecule has 1 amide bonds. The minimum absolute atomic E-state index is 0.220. The summed E-state index contributed by atoms with van der Waals surface area (Å²) < 4.78 is 10.7. The van der Waals surface area contributed by atoms with Crippen molar-refractivity contribution in [2.75, 3.05) is 33.4 Å². The van der Waals surface area contributed by atoms with Gasteiger partial charge in [-0.25, -0.2) is 4.79 Å². The van der Waals surface area contributed by atoms with Gasteiger partial charge in [0.25, 0.3) is 5.91 Å². The van der Waals surface area contributed by atoms with Crippen molar-refractivity contribution in [2.24, 2.45) is 0 Å². The third kappa shape index (κ3) is 3.81. The van der Waals surface area contributed by atoms with E-state index in [9.17, 15) is 9.59 Å². The number of amides is 1. The second-order valence-corrected chi connectivity index (χ2v) is 6.89. The zero-order chi connectivity index (χ0) is 18.6. The number of likely N-dealkylation sites (tertiary alicyclic amines) is 1. The van der Waals surface area contributed by atoms with Crippen molar-refractivity contribution >= 4 is 11.9 Å². The summed E-state index contributed by atoms with van der Waals surface area (Å²) in [5.74, 6) is -0.597. The van der Waals surface area contributed by atoms with Gasteiger partial charge in [-0.3, -0.25) is 9.69 Å². The lowest BCUT2D eigenvalue weighted by atomic mass is 9.82. The van der Waals surface area contributed by atoms with Crippen LogP contribution in [-0.2, 0) is 25.6 Å². The standard InChI is InChI=1S/C20H26N2O4/c1-15-17(18(23)21-10-13-25-2)20(26-19(15)24)8-11-22(12-9-20)14-16-6-4-3-5-7-16/h3-7H,8-14H2,1-2H3,(H,21,23). The smallest absolute Gasteiger partial charge is 0.335 e. The first-order chi connectivity index (χ1) is 12.6. The maximum atomic E-state index is 12.7. The number of benzene rings is 1. The summed E-state index contributed by atoms with van der Waals surface area (Å²) >= 11 is 0. The van der Waals surface area contributed by atoms with Crippen LogP contribution in [0.1, 0.15) is 25.3 Å². The lowest BCUT2D eigenvalue weighted by molar-refractivity contribution is -0.151. The molecule has 0 radical (unpaired) electrons. The zero-order valence-corrected chi connectivity index (χ0v) is 15.4. The highest BCUT2D eigenvalue weighted by Gasteiger charge is 2.50. The van der Waals surface area contributed by atoms with E-state index in [1.165, 1.54) is 5.56 Å². The number of esters is 1. The molecule has 6 heteroatoms. The van der Waals surface area contributed by atoms with Crippen LogP contribution in [-0.4, -0.2) is 55.7 Å². The highest BCUT2D eigenvalue weighted by Crippen LogP contribution is 2.41. The van der Waals surface area contributed by atoms with Crippen molar-refractivity contribution in [3.63, 3.8) is 0 Å². The third-order valence-electron chi connectivity index (χ3n) is 5.16. The second-order valence-electron chi connectivity index (χ2n) is 6.89. The van der Waals surface area contributed by atoms with Crippen LogP contribution in [0.2, 0.25) is 0 Å². The second kappa shape index (κ2) is 8.01. The molecule has 0 aromatic heterocycles. The number of carbonyl (C=O) groups is 2. The fraction of sp³-hybridized carbons (Fsp3) is 0.500. The lowest BCUT2D eigenvalue weighted by Crippen LogP contribution is -2.48. The van der Waals surface area contributed by atoms with Gasteiger partial charge in [-0.1, -0.05) is 30.3 Å². The van der Waals surface area contributed by atoms with Crippen LogP contribution in [0.3, 0.4) is 0 Å². The minimum Gasteiger partial charge on any atom is -0.450 e. The number of carbonyl (C=O) groups excluding carboxylic acids is 2. The average molecular weight is 358 g/mol. The first-order valence-corrected chi connectivity index (χ1v) is 9.04. The number of rotatable bonds is 6. The zero-order valence-electron chi connectivity index (χ0n) is 15.4. The van der Waals surface area contributed by atoms with Crippen molar-refractivity contribution in [1.82, 2.24) is 10.2 Å². The first-order valence-electron chi connectivity index (χ1n) is 9.04. The first kappa shape index (κ1) is 18.6. The van der Waals surface area contributed by atoms with Gasteiger partial charge < -0.3 is 14.8 Å². The predicted octanol–water partition coefficient (Wildman–Crippen LogP) is 1.66. The van der Waals surface area contributed by atoms with Crippen LogP contribution >= 0.6 is 0 Å². The molecule has 3 rings (SSSR count). The molecule has 140 valence electrons.